The van der Waals surface area contributed by atoms with Crippen molar-refractivity contribution in [3.8, 4) is 5.75 Å². The van der Waals surface area contributed by atoms with Crippen LogP contribution in [0.5, 0.6) is 5.75 Å². The summed E-state index contributed by atoms with van der Waals surface area (Å²) >= 11 is 0. The van der Waals surface area contributed by atoms with Crippen molar-refractivity contribution in [1.29, 1.82) is 0 Å². The van der Waals surface area contributed by atoms with Crippen molar-refractivity contribution in [2.45, 2.75) is 54.4 Å². The zero-order valence-corrected chi connectivity index (χ0v) is 13.7. The molecular formula is C18H28O2. The van der Waals surface area contributed by atoms with Gasteiger partial charge in [0.25, 0.3) is 0 Å². The topological polar surface area (TPSA) is 37.3 Å². The van der Waals surface area contributed by atoms with E-state index in [1.807, 2.05) is 32.9 Å². The third kappa shape index (κ3) is 5.36. The number of rotatable bonds is 4. The molecule has 1 atom stereocenters. The van der Waals surface area contributed by atoms with Gasteiger partial charge >= 0.3 is 0 Å². The van der Waals surface area contributed by atoms with Crippen LogP contribution in [0.1, 0.15) is 53.5 Å². The summed E-state index contributed by atoms with van der Waals surface area (Å²) in [5, 5.41) is 9.35. The second kappa shape index (κ2) is 5.99. The fourth-order valence-corrected chi connectivity index (χ4v) is 2.53. The standard InChI is InChI=1S/C18H28O2/c1-17(2,3)12-14(16(20)18(4,5)6)11-13-7-9-15(19)10-8-13/h7-10,14,19H,11-12H2,1-6H3/t14-/m0/s1. The van der Waals surface area contributed by atoms with Crippen molar-refractivity contribution in [2.24, 2.45) is 16.7 Å². The van der Waals surface area contributed by atoms with Gasteiger partial charge in [-0.3, -0.25) is 4.79 Å². The Balaban J connectivity index is 2.93. The van der Waals surface area contributed by atoms with Crippen LogP contribution in [-0.4, -0.2) is 10.9 Å². The zero-order valence-electron chi connectivity index (χ0n) is 13.7. The Morgan fingerprint density at radius 3 is 1.95 bits per heavy atom. The normalized spacial score (nSPS) is 14.1. The van der Waals surface area contributed by atoms with E-state index in [9.17, 15) is 9.90 Å². The Labute approximate surface area is 123 Å². The maximum atomic E-state index is 12.7. The van der Waals surface area contributed by atoms with Crippen LogP contribution in [0.4, 0.5) is 0 Å². The zero-order chi connectivity index (χ0) is 15.6. The van der Waals surface area contributed by atoms with Gasteiger partial charge in [0.2, 0.25) is 0 Å². The highest BCUT2D eigenvalue weighted by molar-refractivity contribution is 5.86. The highest BCUT2D eigenvalue weighted by Crippen LogP contribution is 2.32. The quantitative estimate of drug-likeness (QED) is 0.872. The lowest BCUT2D eigenvalue weighted by Gasteiger charge is -2.30. The van der Waals surface area contributed by atoms with Crippen LogP contribution in [0, 0.1) is 16.7 Å². The minimum Gasteiger partial charge on any atom is -0.508 e. The fraction of sp³-hybridized carbons (Fsp3) is 0.611. The van der Waals surface area contributed by atoms with Crippen molar-refractivity contribution in [3.63, 3.8) is 0 Å². The summed E-state index contributed by atoms with van der Waals surface area (Å²) in [5.41, 5.74) is 0.921. The Bertz CT molecular complexity index is 444. The number of ketones is 1. The molecule has 1 rings (SSSR count). The first-order valence-corrected chi connectivity index (χ1v) is 7.31. The van der Waals surface area contributed by atoms with Gasteiger partial charge in [-0.25, -0.2) is 0 Å². The van der Waals surface area contributed by atoms with Crippen LogP contribution in [0.2, 0.25) is 0 Å². The van der Waals surface area contributed by atoms with Gasteiger partial charge in [0.05, 0.1) is 0 Å². The molecule has 0 fully saturated rings. The van der Waals surface area contributed by atoms with E-state index in [-0.39, 0.29) is 22.5 Å². The van der Waals surface area contributed by atoms with E-state index in [1.54, 1.807) is 12.1 Å². The number of benzene rings is 1. The first-order chi connectivity index (χ1) is 8.99. The molecule has 2 nitrogen and oxygen atoms in total. The monoisotopic (exact) mass is 276 g/mol. The molecule has 0 aliphatic heterocycles. The molecule has 0 aliphatic rings. The molecule has 0 heterocycles. The smallest absolute Gasteiger partial charge is 0.141 e. The largest absolute Gasteiger partial charge is 0.508 e. The molecular weight excluding hydrogens is 248 g/mol. The van der Waals surface area contributed by atoms with Crippen LogP contribution in [0.3, 0.4) is 0 Å². The number of aromatic hydroxyl groups is 1. The van der Waals surface area contributed by atoms with Crippen molar-refractivity contribution >= 4 is 5.78 Å². The molecule has 0 aliphatic carbocycles. The predicted molar refractivity (Wildman–Crippen MR) is 83.8 cm³/mol. The molecule has 0 saturated heterocycles. The SMILES string of the molecule is CC(C)(C)C[C@H](Cc1ccc(O)cc1)C(=O)C(C)(C)C. The van der Waals surface area contributed by atoms with Crippen LogP contribution in [-0.2, 0) is 11.2 Å². The molecule has 0 aromatic heterocycles. The van der Waals surface area contributed by atoms with Gasteiger partial charge in [-0.05, 0) is 36.0 Å². The molecule has 0 unspecified atom stereocenters. The number of phenols is 1. The van der Waals surface area contributed by atoms with E-state index in [4.69, 9.17) is 0 Å². The van der Waals surface area contributed by atoms with Gasteiger partial charge in [0, 0.05) is 11.3 Å². The van der Waals surface area contributed by atoms with Crippen LogP contribution in [0.15, 0.2) is 24.3 Å². The fourth-order valence-electron chi connectivity index (χ4n) is 2.53. The molecule has 112 valence electrons. The Kier molecular flexibility index (Phi) is 5.01. The lowest BCUT2D eigenvalue weighted by atomic mass is 9.73. The maximum Gasteiger partial charge on any atom is 0.141 e. The molecule has 0 bridgehead atoms. The number of phenolic OH excluding ortho intramolecular Hbond substituents is 1. The van der Waals surface area contributed by atoms with Gasteiger partial charge < -0.3 is 5.11 Å². The first kappa shape index (κ1) is 16.7. The van der Waals surface area contributed by atoms with Crippen LogP contribution in [0.25, 0.3) is 0 Å². The molecule has 1 aromatic carbocycles. The summed E-state index contributed by atoms with van der Waals surface area (Å²) in [5.74, 6) is 0.614. The van der Waals surface area contributed by atoms with E-state index in [0.29, 0.717) is 5.78 Å². The molecule has 0 saturated carbocycles. The van der Waals surface area contributed by atoms with Crippen molar-refractivity contribution < 1.29 is 9.90 Å². The molecule has 2 heteroatoms. The van der Waals surface area contributed by atoms with Crippen LogP contribution < -0.4 is 0 Å². The third-order valence-electron chi connectivity index (χ3n) is 3.39. The van der Waals surface area contributed by atoms with Gasteiger partial charge in [0.1, 0.15) is 11.5 Å². The van der Waals surface area contributed by atoms with Gasteiger partial charge in [-0.1, -0.05) is 53.7 Å². The number of Topliss-reactive ketones (excluding diaryl/α,β-unsaturated/α-hetero) is 1. The lowest BCUT2D eigenvalue weighted by Crippen LogP contribution is -2.32. The Hall–Kier alpha value is -1.31. The molecule has 0 spiro atoms. The average Bonchev–Trinajstić information content (AvgIpc) is 2.27. The maximum absolute atomic E-state index is 12.7. The van der Waals surface area contributed by atoms with E-state index in [0.717, 1.165) is 18.4 Å². The Morgan fingerprint density at radius 2 is 1.55 bits per heavy atom. The summed E-state index contributed by atoms with van der Waals surface area (Å²) in [6, 6.07) is 7.18. The second-order valence-corrected chi connectivity index (χ2v) is 7.95. The third-order valence-corrected chi connectivity index (χ3v) is 3.39. The number of hydrogen-bond acceptors (Lipinski definition) is 2. The van der Waals surface area contributed by atoms with E-state index >= 15 is 0 Å². The summed E-state index contributed by atoms with van der Waals surface area (Å²) in [4.78, 5) is 12.7. The highest BCUT2D eigenvalue weighted by atomic mass is 16.3. The van der Waals surface area contributed by atoms with E-state index in [1.165, 1.54) is 0 Å². The summed E-state index contributed by atoms with van der Waals surface area (Å²) in [7, 11) is 0. The van der Waals surface area contributed by atoms with Crippen molar-refractivity contribution in [2.75, 3.05) is 0 Å². The first-order valence-electron chi connectivity index (χ1n) is 7.31. The van der Waals surface area contributed by atoms with Gasteiger partial charge in [0.15, 0.2) is 0 Å². The second-order valence-electron chi connectivity index (χ2n) is 7.95. The molecule has 1 N–H and O–H groups in total. The molecule has 20 heavy (non-hydrogen) atoms. The van der Waals surface area contributed by atoms with Gasteiger partial charge in [-0.2, -0.15) is 0 Å². The minimum absolute atomic E-state index is 0.0274. The minimum atomic E-state index is -0.313. The lowest BCUT2D eigenvalue weighted by molar-refractivity contribution is -0.131. The number of carbonyl (C=O) groups is 1. The highest BCUT2D eigenvalue weighted by Gasteiger charge is 2.32. The van der Waals surface area contributed by atoms with Crippen LogP contribution >= 0.6 is 0 Å². The van der Waals surface area contributed by atoms with Gasteiger partial charge in [-0.15, -0.1) is 0 Å². The van der Waals surface area contributed by atoms with E-state index < -0.39 is 0 Å². The number of carbonyl (C=O) groups excluding carboxylic acids is 1. The average molecular weight is 276 g/mol. The predicted octanol–water partition coefficient (Wildman–Crippen LogP) is 4.60. The summed E-state index contributed by atoms with van der Waals surface area (Å²) in [6.07, 6.45) is 1.62. The Morgan fingerprint density at radius 1 is 1.05 bits per heavy atom. The summed E-state index contributed by atoms with van der Waals surface area (Å²) < 4.78 is 0. The van der Waals surface area contributed by atoms with E-state index in [2.05, 4.69) is 20.8 Å². The van der Waals surface area contributed by atoms with Crippen molar-refractivity contribution in [1.82, 2.24) is 0 Å². The van der Waals surface area contributed by atoms with Crippen molar-refractivity contribution in [3.05, 3.63) is 29.8 Å². The molecule has 0 amide bonds. The molecule has 0 radical (unpaired) electrons. The summed E-state index contributed by atoms with van der Waals surface area (Å²) in [6.45, 7) is 12.5. The molecule has 1 aromatic rings. The number of hydrogen-bond donors (Lipinski definition) is 1.